The van der Waals surface area contributed by atoms with Crippen molar-refractivity contribution in [3.05, 3.63) is 30.1 Å². The second-order valence-corrected chi connectivity index (χ2v) is 5.35. The van der Waals surface area contributed by atoms with Gasteiger partial charge in [-0.1, -0.05) is 4.47 Å². The van der Waals surface area contributed by atoms with Crippen LogP contribution in [0, 0.1) is 5.82 Å². The van der Waals surface area contributed by atoms with Crippen LogP contribution in [0.4, 0.5) is 4.39 Å². The molecule has 4 nitrogen and oxygen atoms in total. The third-order valence-electron chi connectivity index (χ3n) is 2.35. The van der Waals surface area contributed by atoms with E-state index in [1.807, 2.05) is 0 Å². The van der Waals surface area contributed by atoms with Crippen LogP contribution in [0.2, 0.25) is 0 Å². The van der Waals surface area contributed by atoms with E-state index in [0.29, 0.717) is 13.2 Å². The van der Waals surface area contributed by atoms with Gasteiger partial charge in [0.15, 0.2) is 0 Å². The zero-order valence-corrected chi connectivity index (χ0v) is 9.41. The zero-order chi connectivity index (χ0) is 11.6. The lowest BCUT2D eigenvalue weighted by Gasteiger charge is -2.25. The minimum Gasteiger partial charge on any atom is -0.284 e. The number of rotatable bonds is 2. The molecule has 1 aromatic rings. The lowest BCUT2D eigenvalue weighted by atomic mass is 10.3. The molecule has 0 radical (unpaired) electrons. The zero-order valence-electron chi connectivity index (χ0n) is 8.60. The maximum Gasteiger partial charge on any atom is 0.265 e. The number of hydrogen-bond acceptors (Lipinski definition) is 3. The molecule has 1 aliphatic heterocycles. The van der Waals surface area contributed by atoms with Crippen molar-refractivity contribution in [2.45, 2.75) is 17.7 Å². The molecule has 1 fully saturated rings. The second-order valence-electron chi connectivity index (χ2n) is 3.53. The second kappa shape index (κ2) is 4.48. The van der Waals surface area contributed by atoms with Crippen molar-refractivity contribution in [2.75, 3.05) is 13.2 Å². The highest BCUT2D eigenvalue weighted by molar-refractivity contribution is 7.89. The predicted octanol–water partition coefficient (Wildman–Crippen LogP) is 1.54. The lowest BCUT2D eigenvalue weighted by molar-refractivity contribution is -0.108. The lowest BCUT2D eigenvalue weighted by Crippen LogP contribution is -2.35. The van der Waals surface area contributed by atoms with Crippen molar-refractivity contribution < 1.29 is 17.6 Å². The molecule has 6 heteroatoms. The molecule has 2 rings (SSSR count). The first-order valence-electron chi connectivity index (χ1n) is 5.02. The molecule has 1 heterocycles. The number of nitrogens with zero attached hydrogens (tertiary/aromatic N) is 1. The van der Waals surface area contributed by atoms with Crippen LogP contribution in [-0.4, -0.2) is 26.0 Å². The first-order valence-corrected chi connectivity index (χ1v) is 6.46. The average molecular weight is 245 g/mol. The quantitative estimate of drug-likeness (QED) is 0.794. The summed E-state index contributed by atoms with van der Waals surface area (Å²) in [6.07, 6.45) is 1.63. The van der Waals surface area contributed by atoms with E-state index in [0.717, 1.165) is 29.4 Å². The Morgan fingerprint density at radius 2 is 1.88 bits per heavy atom. The first kappa shape index (κ1) is 11.5. The van der Waals surface area contributed by atoms with E-state index in [1.54, 1.807) is 0 Å². The monoisotopic (exact) mass is 245 g/mol. The fraction of sp³-hybridized carbons (Fsp3) is 0.400. The van der Waals surface area contributed by atoms with Gasteiger partial charge in [0, 0.05) is 6.54 Å². The SMILES string of the molecule is O=S(=O)(c1ccc(F)cc1)N1CCCCO1. The van der Waals surface area contributed by atoms with Crippen molar-refractivity contribution >= 4 is 10.0 Å². The van der Waals surface area contributed by atoms with Crippen LogP contribution in [0.15, 0.2) is 29.2 Å². The van der Waals surface area contributed by atoms with Crippen molar-refractivity contribution in [3.8, 4) is 0 Å². The Balaban J connectivity index is 2.27. The fourth-order valence-electron chi connectivity index (χ4n) is 1.49. The fourth-order valence-corrected chi connectivity index (χ4v) is 2.79. The molecule has 0 atom stereocenters. The third-order valence-corrected chi connectivity index (χ3v) is 4.04. The van der Waals surface area contributed by atoms with Crippen LogP contribution in [0.1, 0.15) is 12.8 Å². The molecule has 0 unspecified atom stereocenters. The molecule has 1 saturated heterocycles. The van der Waals surface area contributed by atoms with Gasteiger partial charge in [-0.3, -0.25) is 4.84 Å². The molecule has 88 valence electrons. The number of benzene rings is 1. The third kappa shape index (κ3) is 2.23. The summed E-state index contributed by atoms with van der Waals surface area (Å²) in [7, 11) is -3.63. The average Bonchev–Trinajstić information content (AvgIpc) is 2.31. The Morgan fingerprint density at radius 1 is 1.19 bits per heavy atom. The topological polar surface area (TPSA) is 46.6 Å². The van der Waals surface area contributed by atoms with Gasteiger partial charge in [0.1, 0.15) is 5.82 Å². The van der Waals surface area contributed by atoms with Gasteiger partial charge in [-0.2, -0.15) is 0 Å². The van der Waals surface area contributed by atoms with Crippen molar-refractivity contribution in [3.63, 3.8) is 0 Å². The summed E-state index contributed by atoms with van der Waals surface area (Å²) in [5.41, 5.74) is 0. The molecule has 0 amide bonds. The molecule has 0 saturated carbocycles. The van der Waals surface area contributed by atoms with Gasteiger partial charge in [-0.15, -0.1) is 0 Å². The summed E-state index contributed by atoms with van der Waals surface area (Å²) in [4.78, 5) is 5.13. The van der Waals surface area contributed by atoms with Crippen LogP contribution in [-0.2, 0) is 14.9 Å². The standard InChI is InChI=1S/C10H12FNO3S/c11-9-3-5-10(6-4-9)16(13,14)12-7-1-2-8-15-12/h3-6H,1-2,7-8H2. The Hall–Kier alpha value is -0.980. The Kier molecular flexibility index (Phi) is 3.22. The summed E-state index contributed by atoms with van der Waals surface area (Å²) in [6, 6.07) is 4.72. The summed E-state index contributed by atoms with van der Waals surface area (Å²) in [6.45, 7) is 0.750. The minimum atomic E-state index is -3.63. The molecule has 0 aliphatic carbocycles. The normalized spacial score (nSPS) is 18.6. The Bertz CT molecular complexity index is 451. The Morgan fingerprint density at radius 3 is 2.44 bits per heavy atom. The summed E-state index contributed by atoms with van der Waals surface area (Å²) in [5.74, 6) is -0.460. The predicted molar refractivity (Wildman–Crippen MR) is 55.5 cm³/mol. The minimum absolute atomic E-state index is 0.0517. The van der Waals surface area contributed by atoms with E-state index in [4.69, 9.17) is 4.84 Å². The van der Waals surface area contributed by atoms with Crippen LogP contribution < -0.4 is 0 Å². The van der Waals surface area contributed by atoms with Crippen LogP contribution in [0.3, 0.4) is 0 Å². The highest BCUT2D eigenvalue weighted by Crippen LogP contribution is 2.19. The van der Waals surface area contributed by atoms with Gasteiger partial charge in [-0.05, 0) is 37.1 Å². The van der Waals surface area contributed by atoms with Gasteiger partial charge in [0.05, 0.1) is 11.5 Å². The van der Waals surface area contributed by atoms with Gasteiger partial charge >= 0.3 is 0 Å². The maximum absolute atomic E-state index is 12.7. The number of halogens is 1. The molecular formula is C10H12FNO3S. The number of sulfonamides is 1. The van der Waals surface area contributed by atoms with Gasteiger partial charge in [0.2, 0.25) is 0 Å². The number of hydroxylamine groups is 1. The van der Waals surface area contributed by atoms with Gasteiger partial charge in [0.25, 0.3) is 10.0 Å². The highest BCUT2D eigenvalue weighted by Gasteiger charge is 2.27. The maximum atomic E-state index is 12.7. The van der Waals surface area contributed by atoms with Crippen LogP contribution in [0.25, 0.3) is 0 Å². The smallest absolute Gasteiger partial charge is 0.265 e. The summed E-state index contributed by atoms with van der Waals surface area (Å²) < 4.78 is 37.6. The van der Waals surface area contributed by atoms with E-state index in [1.165, 1.54) is 12.1 Å². The van der Waals surface area contributed by atoms with E-state index < -0.39 is 15.8 Å². The van der Waals surface area contributed by atoms with Crippen molar-refractivity contribution in [1.29, 1.82) is 0 Å². The molecule has 0 bridgehead atoms. The molecule has 1 aromatic carbocycles. The molecule has 1 aliphatic rings. The first-order chi connectivity index (χ1) is 7.60. The number of hydrogen-bond donors (Lipinski definition) is 0. The van der Waals surface area contributed by atoms with E-state index in [-0.39, 0.29) is 4.90 Å². The molecular weight excluding hydrogens is 233 g/mol. The van der Waals surface area contributed by atoms with Crippen molar-refractivity contribution in [1.82, 2.24) is 4.47 Å². The molecule has 0 N–H and O–H groups in total. The largest absolute Gasteiger partial charge is 0.284 e. The Labute approximate surface area is 93.6 Å². The van der Waals surface area contributed by atoms with E-state index >= 15 is 0 Å². The molecule has 0 spiro atoms. The van der Waals surface area contributed by atoms with Crippen molar-refractivity contribution in [2.24, 2.45) is 0 Å². The molecule has 0 aromatic heterocycles. The van der Waals surface area contributed by atoms with E-state index in [2.05, 4.69) is 0 Å². The van der Waals surface area contributed by atoms with Gasteiger partial charge in [-0.25, -0.2) is 12.8 Å². The molecule has 16 heavy (non-hydrogen) atoms. The summed E-state index contributed by atoms with van der Waals surface area (Å²) in [5, 5.41) is 0. The highest BCUT2D eigenvalue weighted by atomic mass is 32.2. The van der Waals surface area contributed by atoms with Gasteiger partial charge < -0.3 is 0 Å². The summed E-state index contributed by atoms with van der Waals surface area (Å²) >= 11 is 0. The van der Waals surface area contributed by atoms with Crippen LogP contribution >= 0.6 is 0 Å². The van der Waals surface area contributed by atoms with E-state index in [9.17, 15) is 12.8 Å². The van der Waals surface area contributed by atoms with Crippen LogP contribution in [0.5, 0.6) is 0 Å².